The number of amidine groups is 1. The van der Waals surface area contributed by atoms with Crippen LogP contribution in [0.1, 0.15) is 46.6 Å². The van der Waals surface area contributed by atoms with Gasteiger partial charge in [-0.15, -0.1) is 0 Å². The molecule has 1 aromatic rings. The number of nitrogens with two attached hydrogens (primary N) is 1. The molecular weight excluding hydrogens is 373 g/mol. The summed E-state index contributed by atoms with van der Waals surface area (Å²) >= 11 is 0. The third kappa shape index (κ3) is 3.07. The summed E-state index contributed by atoms with van der Waals surface area (Å²) in [4.78, 5) is 16.7. The number of nitrogen functional groups attached to an aromatic ring is 1. The summed E-state index contributed by atoms with van der Waals surface area (Å²) in [6.07, 6.45) is -0.676. The van der Waals surface area contributed by atoms with E-state index in [9.17, 15) is 17.6 Å². The molecule has 7 nitrogen and oxygen atoms in total. The number of anilines is 1. The number of benzene rings is 1. The van der Waals surface area contributed by atoms with E-state index < -0.39 is 42.9 Å². The van der Waals surface area contributed by atoms with E-state index in [1.807, 2.05) is 0 Å². The number of halogens is 1. The number of fused-ring (bicyclic) bond motifs is 1. The molecule has 0 bridgehead atoms. The fourth-order valence-electron chi connectivity index (χ4n) is 3.33. The second-order valence-corrected chi connectivity index (χ2v) is 11.2. The summed E-state index contributed by atoms with van der Waals surface area (Å²) in [5.74, 6) is -0.644. The van der Waals surface area contributed by atoms with Crippen molar-refractivity contribution in [1.82, 2.24) is 5.32 Å². The minimum absolute atomic E-state index is 0.0627. The normalized spacial score (nSPS) is 27.9. The summed E-state index contributed by atoms with van der Waals surface area (Å²) in [7, 11) is -3.75. The summed E-state index contributed by atoms with van der Waals surface area (Å²) in [6, 6.07) is 3.99. The lowest BCUT2D eigenvalue weighted by atomic mass is 10.0. The van der Waals surface area contributed by atoms with Crippen molar-refractivity contribution < 1.29 is 22.3 Å². The number of nitrogens with one attached hydrogen (secondary N) is 1. The van der Waals surface area contributed by atoms with Crippen LogP contribution in [0.2, 0.25) is 0 Å². The lowest BCUT2D eigenvalue weighted by molar-refractivity contribution is 0.0561. The van der Waals surface area contributed by atoms with Gasteiger partial charge in [-0.25, -0.2) is 17.6 Å². The molecule has 27 heavy (non-hydrogen) atoms. The maximum Gasteiger partial charge on any atom is 0.413 e. The van der Waals surface area contributed by atoms with Gasteiger partial charge in [-0.2, -0.15) is 0 Å². The average Bonchev–Trinajstić information content (AvgIpc) is 3.22. The van der Waals surface area contributed by atoms with E-state index >= 15 is 0 Å². The van der Waals surface area contributed by atoms with Gasteiger partial charge >= 0.3 is 6.09 Å². The molecule has 1 aliphatic heterocycles. The van der Waals surface area contributed by atoms with Crippen LogP contribution in [0.3, 0.4) is 0 Å². The monoisotopic (exact) mass is 397 g/mol. The number of amides is 1. The lowest BCUT2D eigenvalue weighted by Gasteiger charge is -2.34. The minimum Gasteiger partial charge on any atom is -0.444 e. The Labute approximate surface area is 158 Å². The highest BCUT2D eigenvalue weighted by atomic mass is 32.2. The first-order valence-corrected chi connectivity index (χ1v) is 10.1. The molecule has 3 N–H and O–H groups in total. The molecular formula is C18H24FN3O4S. The third-order valence-electron chi connectivity index (χ3n) is 4.91. The average molecular weight is 397 g/mol. The molecule has 0 spiro atoms. The molecule has 1 saturated carbocycles. The second-order valence-electron chi connectivity index (χ2n) is 8.50. The minimum atomic E-state index is -3.75. The summed E-state index contributed by atoms with van der Waals surface area (Å²) < 4.78 is 44.4. The van der Waals surface area contributed by atoms with Crippen LogP contribution in [-0.2, 0) is 20.1 Å². The smallest absolute Gasteiger partial charge is 0.413 e. The largest absolute Gasteiger partial charge is 0.444 e. The highest BCUT2D eigenvalue weighted by molar-refractivity contribution is 7.94. The summed E-state index contributed by atoms with van der Waals surface area (Å²) in [5.41, 5.74) is 4.15. The molecule has 2 aliphatic rings. The van der Waals surface area contributed by atoms with Gasteiger partial charge in [0.25, 0.3) is 0 Å². The molecule has 148 valence electrons. The molecule has 3 rings (SSSR count). The predicted molar refractivity (Wildman–Crippen MR) is 101 cm³/mol. The zero-order valence-electron chi connectivity index (χ0n) is 16.0. The molecule has 9 heteroatoms. The van der Waals surface area contributed by atoms with Crippen LogP contribution in [0.25, 0.3) is 0 Å². The molecule has 1 amide bonds. The van der Waals surface area contributed by atoms with Crippen LogP contribution in [0.15, 0.2) is 23.2 Å². The number of alkyl carbamates (subject to hydrolysis) is 1. The fraction of sp³-hybridized carbons (Fsp3) is 0.556. The first kappa shape index (κ1) is 19.6. The van der Waals surface area contributed by atoms with E-state index in [2.05, 4.69) is 10.3 Å². The number of hydrogen-bond acceptors (Lipinski definition) is 6. The number of rotatable bonds is 1. The molecule has 1 heterocycles. The van der Waals surface area contributed by atoms with Crippen LogP contribution >= 0.6 is 0 Å². The maximum atomic E-state index is 14.5. The molecule has 0 saturated heterocycles. The van der Waals surface area contributed by atoms with Crippen LogP contribution in [0.4, 0.5) is 14.9 Å². The molecule has 2 atom stereocenters. The Balaban J connectivity index is 2.08. The fourth-order valence-corrected chi connectivity index (χ4v) is 5.57. The van der Waals surface area contributed by atoms with Crippen molar-refractivity contribution in [3.63, 3.8) is 0 Å². The molecule has 0 unspecified atom stereocenters. The van der Waals surface area contributed by atoms with E-state index in [4.69, 9.17) is 10.5 Å². The second kappa shape index (κ2) is 5.67. The van der Waals surface area contributed by atoms with Crippen LogP contribution in [0, 0.1) is 5.82 Å². The maximum absolute atomic E-state index is 14.5. The zero-order chi connectivity index (χ0) is 20.4. The van der Waals surface area contributed by atoms with E-state index in [-0.39, 0.29) is 17.8 Å². The van der Waals surface area contributed by atoms with Crippen molar-refractivity contribution in [1.29, 1.82) is 0 Å². The van der Waals surface area contributed by atoms with Crippen molar-refractivity contribution in [3.8, 4) is 0 Å². The van der Waals surface area contributed by atoms with Crippen molar-refractivity contribution >= 4 is 27.5 Å². The van der Waals surface area contributed by atoms with Gasteiger partial charge < -0.3 is 10.5 Å². The molecule has 1 aromatic carbocycles. The SMILES string of the molecule is CC(C)(C)OC(=O)NC1=N[C@@]2(c3cc(N)ccc3F)C[C@H]2S(=O)(=O)C1(C)C. The van der Waals surface area contributed by atoms with E-state index in [0.717, 1.165) is 0 Å². The van der Waals surface area contributed by atoms with Gasteiger partial charge in [0, 0.05) is 11.3 Å². The number of carbonyl (C=O) groups is 1. The van der Waals surface area contributed by atoms with Crippen molar-refractivity contribution in [2.75, 3.05) is 5.73 Å². The van der Waals surface area contributed by atoms with Gasteiger partial charge in [0.2, 0.25) is 0 Å². The number of aliphatic imine (C=N–C) groups is 1. The van der Waals surface area contributed by atoms with Crippen LogP contribution < -0.4 is 11.1 Å². The van der Waals surface area contributed by atoms with E-state index in [1.165, 1.54) is 32.0 Å². The van der Waals surface area contributed by atoms with Gasteiger partial charge in [-0.1, -0.05) is 0 Å². The van der Waals surface area contributed by atoms with Crippen LogP contribution in [0.5, 0.6) is 0 Å². The first-order chi connectivity index (χ1) is 12.2. The Morgan fingerprint density at radius 2 is 2.00 bits per heavy atom. The third-order valence-corrected chi connectivity index (χ3v) is 7.83. The Morgan fingerprint density at radius 3 is 2.59 bits per heavy atom. The number of nitrogens with zero attached hydrogens (tertiary/aromatic N) is 1. The first-order valence-electron chi connectivity index (χ1n) is 8.60. The Bertz CT molecular complexity index is 950. The standard InChI is InChI=1S/C18H24FN3O4S/c1-16(2,3)26-15(23)21-14-17(4,5)27(24,25)13-9-18(13,22-14)11-8-10(20)6-7-12(11)19/h6-8,13H,9,20H2,1-5H3,(H,21,22,23)/t13-,18-/m1/s1. The van der Waals surface area contributed by atoms with Gasteiger partial charge in [0.1, 0.15) is 27.5 Å². The molecule has 1 fully saturated rings. The van der Waals surface area contributed by atoms with Gasteiger partial charge in [-0.05, 0) is 59.2 Å². The van der Waals surface area contributed by atoms with Gasteiger partial charge in [0.05, 0.1) is 5.25 Å². The topological polar surface area (TPSA) is 111 Å². The summed E-state index contributed by atoms with van der Waals surface area (Å²) in [5, 5.41) is 1.60. The Kier molecular flexibility index (Phi) is 4.11. The highest BCUT2D eigenvalue weighted by Crippen LogP contribution is 2.59. The summed E-state index contributed by atoms with van der Waals surface area (Å²) in [6.45, 7) is 8.01. The molecule has 1 aliphatic carbocycles. The number of ether oxygens (including phenoxy) is 1. The quantitative estimate of drug-likeness (QED) is 0.708. The lowest BCUT2D eigenvalue weighted by Crippen LogP contribution is -2.55. The van der Waals surface area contributed by atoms with Gasteiger partial charge in [0.15, 0.2) is 9.84 Å². The van der Waals surface area contributed by atoms with Crippen molar-refractivity contribution in [3.05, 3.63) is 29.6 Å². The number of carbonyl (C=O) groups excluding carboxylic acids is 1. The molecule has 0 radical (unpaired) electrons. The van der Waals surface area contributed by atoms with Gasteiger partial charge in [-0.3, -0.25) is 10.3 Å². The van der Waals surface area contributed by atoms with Crippen molar-refractivity contribution in [2.45, 2.75) is 62.2 Å². The Morgan fingerprint density at radius 1 is 1.37 bits per heavy atom. The number of hydrogen-bond donors (Lipinski definition) is 2. The predicted octanol–water partition coefficient (Wildman–Crippen LogP) is 2.51. The van der Waals surface area contributed by atoms with Crippen LogP contribution in [-0.4, -0.2) is 35.9 Å². The molecule has 0 aromatic heterocycles. The van der Waals surface area contributed by atoms with Crippen molar-refractivity contribution in [2.24, 2.45) is 4.99 Å². The number of sulfone groups is 1. The Hall–Kier alpha value is -2.16. The highest BCUT2D eigenvalue weighted by Gasteiger charge is 2.70. The van der Waals surface area contributed by atoms with E-state index in [0.29, 0.717) is 5.69 Å². The van der Waals surface area contributed by atoms with E-state index in [1.54, 1.807) is 20.8 Å². The zero-order valence-corrected chi connectivity index (χ0v) is 16.8.